The van der Waals surface area contributed by atoms with Crippen molar-refractivity contribution in [2.24, 2.45) is 7.05 Å². The van der Waals surface area contributed by atoms with Gasteiger partial charge < -0.3 is 15.2 Å². The molecular formula is C26H27N7O2. The predicted molar refractivity (Wildman–Crippen MR) is 133 cm³/mol. The van der Waals surface area contributed by atoms with Crippen molar-refractivity contribution in [2.45, 2.75) is 38.6 Å². The summed E-state index contributed by atoms with van der Waals surface area (Å²) in [7, 11) is 1.98. The van der Waals surface area contributed by atoms with Crippen LogP contribution < -0.4 is 10.6 Å². The quantitative estimate of drug-likeness (QED) is 0.574. The van der Waals surface area contributed by atoms with E-state index in [1.54, 1.807) is 24.8 Å². The number of imidazole rings is 1. The Balaban J connectivity index is 1.13. The Kier molecular flexibility index (Phi) is 5.03. The molecule has 35 heavy (non-hydrogen) atoms. The first-order valence-corrected chi connectivity index (χ1v) is 11.9. The molecule has 1 aliphatic heterocycles. The number of aryl methyl sites for hydroxylation is 2. The van der Waals surface area contributed by atoms with Crippen LogP contribution >= 0.6 is 0 Å². The molecule has 2 N–H and O–H groups in total. The van der Waals surface area contributed by atoms with E-state index in [1.165, 1.54) is 11.1 Å². The summed E-state index contributed by atoms with van der Waals surface area (Å²) in [5.41, 5.74) is 7.92. The second-order valence-corrected chi connectivity index (χ2v) is 9.63. The summed E-state index contributed by atoms with van der Waals surface area (Å²) in [6, 6.07) is 4.07. The Labute approximate surface area is 203 Å². The van der Waals surface area contributed by atoms with Gasteiger partial charge in [-0.3, -0.25) is 24.5 Å². The molecule has 3 aromatic rings. The lowest BCUT2D eigenvalue weighted by Crippen LogP contribution is -2.35. The fourth-order valence-electron chi connectivity index (χ4n) is 5.21. The van der Waals surface area contributed by atoms with E-state index < -0.39 is 0 Å². The van der Waals surface area contributed by atoms with Crippen LogP contribution in [0.2, 0.25) is 0 Å². The van der Waals surface area contributed by atoms with Crippen molar-refractivity contribution >= 4 is 34.3 Å². The summed E-state index contributed by atoms with van der Waals surface area (Å²) in [6.07, 6.45) is 9.15. The number of allylic oxidation sites excluding steroid dienone is 2. The number of fused-ring (bicyclic) bond motifs is 3. The van der Waals surface area contributed by atoms with Crippen LogP contribution in [0.15, 0.2) is 37.1 Å². The molecule has 0 bridgehead atoms. The van der Waals surface area contributed by atoms with Crippen LogP contribution in [0.1, 0.15) is 58.7 Å². The highest BCUT2D eigenvalue weighted by atomic mass is 16.2. The minimum Gasteiger partial charge on any atom is -0.337 e. The summed E-state index contributed by atoms with van der Waals surface area (Å²) in [4.78, 5) is 40.8. The number of carbonyl (C=O) groups excluding carboxylic acids is 2. The third kappa shape index (κ3) is 3.72. The van der Waals surface area contributed by atoms with Crippen LogP contribution in [0.5, 0.6) is 0 Å². The second kappa shape index (κ2) is 8.13. The maximum absolute atomic E-state index is 13.0. The number of hydrogen-bond donors (Lipinski definition) is 2. The van der Waals surface area contributed by atoms with E-state index in [2.05, 4.69) is 37.4 Å². The highest BCUT2D eigenvalue weighted by Gasteiger charge is 2.51. The molecular weight excluding hydrogens is 442 g/mol. The first kappa shape index (κ1) is 21.7. The fraction of sp³-hybridized carbons (Fsp3) is 0.346. The number of hydrogen-bond acceptors (Lipinski definition) is 6. The Morgan fingerprint density at radius 1 is 1.11 bits per heavy atom. The molecule has 4 heterocycles. The number of nitrogens with one attached hydrogen (secondary N) is 2. The second-order valence-electron chi connectivity index (χ2n) is 9.63. The third-order valence-electron chi connectivity index (χ3n) is 7.29. The molecule has 2 amide bonds. The topological polar surface area (TPSA) is 105 Å². The predicted octanol–water partition coefficient (Wildman–Crippen LogP) is 3.22. The molecule has 2 aliphatic carbocycles. The maximum atomic E-state index is 13.0. The van der Waals surface area contributed by atoms with Crippen LogP contribution in [0.4, 0.5) is 11.4 Å². The largest absolute Gasteiger partial charge is 0.337 e. The number of anilines is 2. The molecule has 0 spiro atoms. The minimum atomic E-state index is -0.258. The molecule has 2 atom stereocenters. The highest BCUT2D eigenvalue weighted by Crippen LogP contribution is 2.67. The molecule has 1 fully saturated rings. The monoisotopic (exact) mass is 469 g/mol. The van der Waals surface area contributed by atoms with E-state index in [4.69, 9.17) is 0 Å². The van der Waals surface area contributed by atoms with Crippen LogP contribution in [-0.4, -0.2) is 55.4 Å². The molecule has 1 saturated heterocycles. The van der Waals surface area contributed by atoms with Gasteiger partial charge in [-0.1, -0.05) is 0 Å². The first-order chi connectivity index (χ1) is 16.9. The summed E-state index contributed by atoms with van der Waals surface area (Å²) < 4.78 is 2.02. The zero-order chi connectivity index (χ0) is 24.3. The summed E-state index contributed by atoms with van der Waals surface area (Å²) in [5, 5.41) is 5.84. The normalized spacial score (nSPS) is 20.2. The molecule has 3 aromatic heterocycles. The van der Waals surface area contributed by atoms with Crippen molar-refractivity contribution in [3.63, 3.8) is 0 Å². The van der Waals surface area contributed by atoms with Gasteiger partial charge in [-0.25, -0.2) is 4.98 Å². The molecule has 178 valence electrons. The van der Waals surface area contributed by atoms with Crippen molar-refractivity contribution in [1.29, 1.82) is 0 Å². The van der Waals surface area contributed by atoms with Crippen molar-refractivity contribution in [1.82, 2.24) is 24.4 Å². The fourth-order valence-corrected chi connectivity index (χ4v) is 5.21. The lowest BCUT2D eigenvalue weighted by Gasteiger charge is -2.20. The van der Waals surface area contributed by atoms with Gasteiger partial charge >= 0.3 is 0 Å². The number of nitrogens with zero attached hydrogens (tertiary/aromatic N) is 5. The molecule has 6 rings (SSSR count). The van der Waals surface area contributed by atoms with Crippen molar-refractivity contribution in [3.05, 3.63) is 65.3 Å². The van der Waals surface area contributed by atoms with Gasteiger partial charge in [0.25, 0.3) is 5.91 Å². The maximum Gasteiger partial charge on any atom is 0.257 e. The van der Waals surface area contributed by atoms with E-state index >= 15 is 0 Å². The number of rotatable bonds is 6. The van der Waals surface area contributed by atoms with Crippen LogP contribution in [0.25, 0.3) is 11.1 Å². The van der Waals surface area contributed by atoms with Crippen molar-refractivity contribution in [2.75, 3.05) is 23.7 Å². The van der Waals surface area contributed by atoms with Gasteiger partial charge in [0.15, 0.2) is 0 Å². The van der Waals surface area contributed by atoms with Gasteiger partial charge in [0.2, 0.25) is 5.91 Å². The average Bonchev–Trinajstić information content (AvgIpc) is 3.02. The van der Waals surface area contributed by atoms with Crippen molar-refractivity contribution < 1.29 is 9.59 Å². The third-order valence-corrected chi connectivity index (χ3v) is 7.29. The van der Waals surface area contributed by atoms with E-state index in [9.17, 15) is 9.59 Å². The van der Waals surface area contributed by atoms with Crippen molar-refractivity contribution in [3.8, 4) is 0 Å². The zero-order valence-corrected chi connectivity index (χ0v) is 20.0. The summed E-state index contributed by atoms with van der Waals surface area (Å²) in [5.74, 6) is -0.102. The molecule has 9 heteroatoms. The molecule has 0 radical (unpaired) electrons. The Hall–Kier alpha value is -3.85. The lowest BCUT2D eigenvalue weighted by molar-refractivity contribution is -0.117. The minimum absolute atomic E-state index is 0.0789. The number of pyridine rings is 2. The van der Waals surface area contributed by atoms with E-state index in [1.807, 2.05) is 30.8 Å². The lowest BCUT2D eigenvalue weighted by atomic mass is 10.0. The molecule has 2 unspecified atom stereocenters. The Bertz CT molecular complexity index is 1410. The molecule has 3 aliphatic rings. The SMILES string of the molecule is Cc1ncc(NC(=O)CN2CCCC2C)cc1NC(=O)c1cnc2c(c1)C1=C2C1c1cncn1C. The molecule has 0 saturated carbocycles. The van der Waals surface area contributed by atoms with Gasteiger partial charge in [-0.2, -0.15) is 0 Å². The highest BCUT2D eigenvalue weighted by molar-refractivity contribution is 6.24. The molecule has 9 nitrogen and oxygen atoms in total. The van der Waals surface area contributed by atoms with Gasteiger partial charge in [0, 0.05) is 36.7 Å². The van der Waals surface area contributed by atoms with Crippen LogP contribution in [0.3, 0.4) is 0 Å². The van der Waals surface area contributed by atoms with Crippen LogP contribution in [0, 0.1) is 6.92 Å². The number of carbonyl (C=O) groups is 2. The van der Waals surface area contributed by atoms with Gasteiger partial charge in [0.05, 0.1) is 53.3 Å². The standard InChI is InChI=1S/C26H27N7O2/c1-14-5-4-6-33(14)12-21(34)30-17-8-19(15(2)28-10-17)31-26(35)16-7-18-22-23(20-11-27-13-32(20)3)24(22)25(18)29-9-16/h7-11,13-14,23H,4-6,12H2,1-3H3,(H,30,34)(H,31,35). The number of aromatic nitrogens is 4. The van der Waals surface area contributed by atoms with E-state index in [0.717, 1.165) is 36.3 Å². The van der Waals surface area contributed by atoms with Gasteiger partial charge in [-0.05, 0) is 56.5 Å². The van der Waals surface area contributed by atoms with Gasteiger partial charge in [0.1, 0.15) is 0 Å². The van der Waals surface area contributed by atoms with Crippen LogP contribution in [-0.2, 0) is 11.8 Å². The number of amides is 2. The number of likely N-dealkylation sites (tertiary alicyclic amines) is 1. The Morgan fingerprint density at radius 3 is 2.71 bits per heavy atom. The summed E-state index contributed by atoms with van der Waals surface area (Å²) >= 11 is 0. The summed E-state index contributed by atoms with van der Waals surface area (Å²) in [6.45, 7) is 5.27. The van der Waals surface area contributed by atoms with Gasteiger partial charge in [-0.15, -0.1) is 0 Å². The van der Waals surface area contributed by atoms with E-state index in [-0.39, 0.29) is 17.7 Å². The smallest absolute Gasteiger partial charge is 0.257 e. The zero-order valence-electron chi connectivity index (χ0n) is 20.0. The molecule has 0 aromatic carbocycles. The average molecular weight is 470 g/mol. The first-order valence-electron chi connectivity index (χ1n) is 11.9. The van der Waals surface area contributed by atoms with E-state index in [0.29, 0.717) is 35.2 Å². The Morgan fingerprint density at radius 2 is 1.97 bits per heavy atom.